The molecule has 8 nitrogen and oxygen atoms in total. The summed E-state index contributed by atoms with van der Waals surface area (Å²) in [4.78, 5) is 17.7. The average molecular weight is 379 g/mol. The molecule has 0 aliphatic carbocycles. The molecule has 2 rings (SSSR count). The van der Waals surface area contributed by atoms with Crippen LogP contribution in [0, 0.1) is 0 Å². The lowest BCUT2D eigenvalue weighted by atomic mass is 10.2. The Kier molecular flexibility index (Phi) is 6.49. The van der Waals surface area contributed by atoms with E-state index < -0.39 is 16.1 Å². The third-order valence-electron chi connectivity index (χ3n) is 4.00. The molecule has 0 atom stereocenters. The minimum Gasteiger partial charge on any atom is -0.323 e. The molecule has 1 aromatic heterocycles. The maximum Gasteiger partial charge on any atom is 0.346 e. The van der Waals surface area contributed by atoms with E-state index in [0.717, 1.165) is 16.6 Å². The number of hydrogen-bond acceptors (Lipinski definition) is 5. The molecule has 0 aliphatic heterocycles. The molecule has 0 radical (unpaired) electrons. The predicted molar refractivity (Wildman–Crippen MR) is 98.0 cm³/mol. The van der Waals surface area contributed by atoms with E-state index in [0.29, 0.717) is 13.1 Å². The number of hydrogen-bond donors (Lipinski definition) is 0. The molecule has 0 N–H and O–H groups in total. The molecule has 26 heavy (non-hydrogen) atoms. The quantitative estimate of drug-likeness (QED) is 0.736. The van der Waals surface area contributed by atoms with Crippen molar-refractivity contribution in [3.05, 3.63) is 42.2 Å². The number of aromatic nitrogens is 3. The maximum atomic E-state index is 13.0. The second-order valence-electron chi connectivity index (χ2n) is 6.06. The van der Waals surface area contributed by atoms with Gasteiger partial charge in [0, 0.05) is 25.7 Å². The molecule has 0 unspecified atom stereocenters. The maximum absolute atomic E-state index is 13.0. The highest BCUT2D eigenvalue weighted by Gasteiger charge is 2.31. The van der Waals surface area contributed by atoms with E-state index in [4.69, 9.17) is 0 Å². The lowest BCUT2D eigenvalue weighted by Crippen LogP contribution is -2.37. The summed E-state index contributed by atoms with van der Waals surface area (Å²) in [5.41, 5.74) is 0.864. The van der Waals surface area contributed by atoms with Gasteiger partial charge in [-0.2, -0.15) is 8.99 Å². The van der Waals surface area contributed by atoms with Crippen LogP contribution in [-0.4, -0.2) is 57.5 Å². The highest BCUT2D eigenvalue weighted by atomic mass is 32.2. The standard InChI is InChI=1S/C17H25N5O3S/c1-5-20(6-2)17(23)21-13-18-16(19-21)26(24,25)22(14(3)4)12-15-10-8-7-9-11-15/h7-11,13-14H,5-6,12H2,1-4H3. The van der Waals surface area contributed by atoms with Crippen molar-refractivity contribution >= 4 is 16.1 Å². The number of rotatable bonds is 7. The Bertz CT molecular complexity index is 829. The second-order valence-corrected chi connectivity index (χ2v) is 7.84. The van der Waals surface area contributed by atoms with Gasteiger partial charge in [-0.25, -0.2) is 18.2 Å². The number of amides is 1. The molecular formula is C17H25N5O3S. The van der Waals surface area contributed by atoms with Crippen molar-refractivity contribution in [2.45, 2.75) is 45.4 Å². The van der Waals surface area contributed by atoms with Crippen LogP contribution in [0.2, 0.25) is 0 Å². The first-order valence-corrected chi connectivity index (χ1v) is 10.0. The summed E-state index contributed by atoms with van der Waals surface area (Å²) in [6, 6.07) is 8.63. The Labute approximate surface area is 154 Å². The van der Waals surface area contributed by atoms with Gasteiger partial charge in [-0.05, 0) is 33.3 Å². The van der Waals surface area contributed by atoms with Crippen LogP contribution in [0.25, 0.3) is 0 Å². The van der Waals surface area contributed by atoms with Crippen molar-refractivity contribution in [3.8, 4) is 0 Å². The average Bonchev–Trinajstić information content (AvgIpc) is 3.12. The smallest absolute Gasteiger partial charge is 0.323 e. The first-order valence-electron chi connectivity index (χ1n) is 8.58. The normalized spacial score (nSPS) is 11.9. The van der Waals surface area contributed by atoms with Gasteiger partial charge in [0.25, 0.3) is 15.2 Å². The molecule has 1 heterocycles. The van der Waals surface area contributed by atoms with Crippen LogP contribution in [0.3, 0.4) is 0 Å². The summed E-state index contributed by atoms with van der Waals surface area (Å²) < 4.78 is 28.3. The van der Waals surface area contributed by atoms with Crippen molar-refractivity contribution < 1.29 is 13.2 Å². The topological polar surface area (TPSA) is 88.4 Å². The predicted octanol–water partition coefficient (Wildman–Crippen LogP) is 2.19. The van der Waals surface area contributed by atoms with Crippen molar-refractivity contribution in [2.75, 3.05) is 13.1 Å². The molecule has 0 saturated carbocycles. The molecular weight excluding hydrogens is 354 g/mol. The summed E-state index contributed by atoms with van der Waals surface area (Å²) in [7, 11) is -3.93. The molecule has 1 amide bonds. The fourth-order valence-electron chi connectivity index (χ4n) is 2.51. The van der Waals surface area contributed by atoms with E-state index in [2.05, 4.69) is 10.1 Å². The summed E-state index contributed by atoms with van der Waals surface area (Å²) >= 11 is 0. The van der Waals surface area contributed by atoms with Gasteiger partial charge in [0.1, 0.15) is 6.33 Å². The minimum absolute atomic E-state index is 0.208. The monoisotopic (exact) mass is 379 g/mol. The Morgan fingerprint density at radius 2 is 1.77 bits per heavy atom. The van der Waals surface area contributed by atoms with Crippen LogP contribution in [0.15, 0.2) is 41.8 Å². The van der Waals surface area contributed by atoms with Gasteiger partial charge in [-0.15, -0.1) is 5.10 Å². The van der Waals surface area contributed by atoms with E-state index in [1.165, 1.54) is 9.21 Å². The Morgan fingerprint density at radius 3 is 2.31 bits per heavy atom. The summed E-state index contributed by atoms with van der Waals surface area (Å²) in [6.07, 6.45) is 1.15. The number of sulfonamides is 1. The number of carbonyl (C=O) groups excluding carboxylic acids is 1. The third kappa shape index (κ3) is 4.28. The zero-order valence-electron chi connectivity index (χ0n) is 15.5. The Morgan fingerprint density at radius 1 is 1.15 bits per heavy atom. The molecule has 9 heteroatoms. The van der Waals surface area contributed by atoms with Crippen LogP contribution in [-0.2, 0) is 16.6 Å². The van der Waals surface area contributed by atoms with E-state index in [-0.39, 0.29) is 17.7 Å². The van der Waals surface area contributed by atoms with Gasteiger partial charge in [0.05, 0.1) is 0 Å². The van der Waals surface area contributed by atoms with E-state index in [1.807, 2.05) is 44.2 Å². The van der Waals surface area contributed by atoms with Crippen molar-refractivity contribution in [2.24, 2.45) is 0 Å². The lowest BCUT2D eigenvalue weighted by molar-refractivity contribution is 0.201. The fraction of sp³-hybridized carbons (Fsp3) is 0.471. The Hall–Kier alpha value is -2.26. The molecule has 0 aliphatic rings. The molecule has 2 aromatic rings. The van der Waals surface area contributed by atoms with E-state index in [1.54, 1.807) is 13.8 Å². The molecule has 0 fully saturated rings. The summed E-state index contributed by atoms with van der Waals surface area (Å²) in [5, 5.41) is 3.56. The van der Waals surface area contributed by atoms with Gasteiger partial charge in [-0.3, -0.25) is 0 Å². The van der Waals surface area contributed by atoms with Gasteiger partial charge in [0.2, 0.25) is 0 Å². The van der Waals surface area contributed by atoms with Gasteiger partial charge < -0.3 is 4.90 Å². The van der Waals surface area contributed by atoms with Crippen LogP contribution < -0.4 is 0 Å². The first kappa shape index (κ1) is 20.1. The van der Waals surface area contributed by atoms with Crippen molar-refractivity contribution in [1.82, 2.24) is 24.0 Å². The van der Waals surface area contributed by atoms with Crippen molar-refractivity contribution in [3.63, 3.8) is 0 Å². The van der Waals surface area contributed by atoms with Crippen molar-refractivity contribution in [1.29, 1.82) is 0 Å². The lowest BCUT2D eigenvalue weighted by Gasteiger charge is -2.24. The number of carbonyl (C=O) groups is 1. The number of benzene rings is 1. The summed E-state index contributed by atoms with van der Waals surface area (Å²) in [6.45, 7) is 8.48. The highest BCUT2D eigenvalue weighted by molar-refractivity contribution is 7.88. The van der Waals surface area contributed by atoms with E-state index in [9.17, 15) is 13.2 Å². The first-order chi connectivity index (χ1) is 12.3. The third-order valence-corrected chi connectivity index (χ3v) is 5.81. The molecule has 0 spiro atoms. The molecule has 1 aromatic carbocycles. The van der Waals surface area contributed by atoms with Crippen LogP contribution in [0.1, 0.15) is 33.3 Å². The zero-order chi connectivity index (χ0) is 19.3. The zero-order valence-corrected chi connectivity index (χ0v) is 16.3. The highest BCUT2D eigenvalue weighted by Crippen LogP contribution is 2.18. The molecule has 142 valence electrons. The molecule has 0 bridgehead atoms. The second kappa shape index (κ2) is 8.41. The fourth-order valence-corrected chi connectivity index (χ4v) is 3.97. The SMILES string of the molecule is CCN(CC)C(=O)n1cnc(S(=O)(=O)N(Cc2ccccc2)C(C)C)n1. The van der Waals surface area contributed by atoms with Gasteiger partial charge in [0.15, 0.2) is 0 Å². The molecule has 0 saturated heterocycles. The van der Waals surface area contributed by atoms with Crippen LogP contribution >= 0.6 is 0 Å². The minimum atomic E-state index is -3.93. The number of nitrogens with zero attached hydrogens (tertiary/aromatic N) is 5. The summed E-state index contributed by atoms with van der Waals surface area (Å²) in [5.74, 6) is 0. The van der Waals surface area contributed by atoms with Gasteiger partial charge >= 0.3 is 6.03 Å². The van der Waals surface area contributed by atoms with Crippen LogP contribution in [0.5, 0.6) is 0 Å². The van der Waals surface area contributed by atoms with E-state index >= 15 is 0 Å². The van der Waals surface area contributed by atoms with Gasteiger partial charge in [-0.1, -0.05) is 30.3 Å². The van der Waals surface area contributed by atoms with Crippen LogP contribution in [0.4, 0.5) is 4.79 Å². The Balaban J connectivity index is 2.31. The largest absolute Gasteiger partial charge is 0.346 e.